The lowest BCUT2D eigenvalue weighted by atomic mass is 9.94. The fourth-order valence-corrected chi connectivity index (χ4v) is 4.10. The third-order valence-corrected chi connectivity index (χ3v) is 5.09. The number of anilines is 1. The van der Waals surface area contributed by atoms with E-state index in [9.17, 15) is 14.7 Å². The van der Waals surface area contributed by atoms with E-state index in [2.05, 4.69) is 4.98 Å². The number of carboxylic acid groups (broad SMARTS) is 1. The number of carbonyl (C=O) groups excluding carboxylic acids is 1. The summed E-state index contributed by atoms with van der Waals surface area (Å²) in [7, 11) is 0. The summed E-state index contributed by atoms with van der Waals surface area (Å²) in [6, 6.07) is -0.661. The Bertz CT molecular complexity index is 545. The van der Waals surface area contributed by atoms with E-state index in [-0.39, 0.29) is 18.2 Å². The lowest BCUT2D eigenvalue weighted by Gasteiger charge is -2.24. The predicted octanol–water partition coefficient (Wildman–Crippen LogP) is 0.979. The number of thiazole rings is 1. The molecule has 0 bridgehead atoms. The molecule has 0 radical (unpaired) electrons. The highest BCUT2D eigenvalue weighted by Crippen LogP contribution is 2.42. The van der Waals surface area contributed by atoms with Gasteiger partial charge in [0.2, 0.25) is 5.91 Å². The van der Waals surface area contributed by atoms with E-state index in [1.54, 1.807) is 5.38 Å². The van der Waals surface area contributed by atoms with Crippen molar-refractivity contribution in [3.8, 4) is 0 Å². The van der Waals surface area contributed by atoms with Gasteiger partial charge in [0.05, 0.1) is 12.1 Å². The Morgan fingerprint density at radius 1 is 1.50 bits per heavy atom. The van der Waals surface area contributed by atoms with Crippen LogP contribution in [0, 0.1) is 11.8 Å². The zero-order valence-electron chi connectivity index (χ0n) is 11.0. The molecule has 1 saturated heterocycles. The summed E-state index contributed by atoms with van der Waals surface area (Å²) in [6.07, 6.45) is 3.15. The molecule has 1 amide bonds. The van der Waals surface area contributed by atoms with E-state index in [4.69, 9.17) is 5.73 Å². The molecule has 108 valence electrons. The molecule has 2 aliphatic rings. The first-order valence-corrected chi connectivity index (χ1v) is 7.66. The molecule has 3 unspecified atom stereocenters. The molecule has 7 heteroatoms. The SMILES string of the molecule is Nc1nc(CC(=O)N2CC3CCCC3C2C(=O)O)cs1. The lowest BCUT2D eigenvalue weighted by Crippen LogP contribution is -2.44. The number of likely N-dealkylation sites (tertiary alicyclic amines) is 1. The Morgan fingerprint density at radius 2 is 2.30 bits per heavy atom. The van der Waals surface area contributed by atoms with Crippen molar-refractivity contribution in [3.63, 3.8) is 0 Å². The van der Waals surface area contributed by atoms with Gasteiger partial charge in [-0.05, 0) is 24.7 Å². The molecule has 2 fully saturated rings. The number of hydrogen-bond donors (Lipinski definition) is 2. The van der Waals surface area contributed by atoms with E-state index < -0.39 is 12.0 Å². The molecular formula is C13H17N3O3S. The van der Waals surface area contributed by atoms with Crippen molar-refractivity contribution in [2.45, 2.75) is 31.7 Å². The van der Waals surface area contributed by atoms with Crippen LogP contribution >= 0.6 is 11.3 Å². The first-order valence-electron chi connectivity index (χ1n) is 6.78. The fraction of sp³-hybridized carbons (Fsp3) is 0.615. The van der Waals surface area contributed by atoms with Crippen molar-refractivity contribution in [3.05, 3.63) is 11.1 Å². The Labute approximate surface area is 120 Å². The summed E-state index contributed by atoms with van der Waals surface area (Å²) >= 11 is 1.29. The second-order valence-electron chi connectivity index (χ2n) is 5.54. The first-order chi connectivity index (χ1) is 9.56. The van der Waals surface area contributed by atoms with Gasteiger partial charge in [0, 0.05) is 11.9 Å². The Hall–Kier alpha value is -1.63. The maximum Gasteiger partial charge on any atom is 0.326 e. The monoisotopic (exact) mass is 295 g/mol. The summed E-state index contributed by atoms with van der Waals surface area (Å²) < 4.78 is 0. The van der Waals surface area contributed by atoms with Crippen LogP contribution in [-0.2, 0) is 16.0 Å². The van der Waals surface area contributed by atoms with E-state index in [0.717, 1.165) is 19.3 Å². The smallest absolute Gasteiger partial charge is 0.326 e. The molecule has 3 rings (SSSR count). The van der Waals surface area contributed by atoms with E-state index >= 15 is 0 Å². The molecule has 0 aromatic carbocycles. The number of carboxylic acids is 1. The van der Waals surface area contributed by atoms with Gasteiger partial charge in [-0.2, -0.15) is 0 Å². The molecule has 20 heavy (non-hydrogen) atoms. The molecule has 3 atom stereocenters. The van der Waals surface area contributed by atoms with Gasteiger partial charge in [-0.3, -0.25) is 4.79 Å². The van der Waals surface area contributed by atoms with Gasteiger partial charge in [-0.15, -0.1) is 11.3 Å². The van der Waals surface area contributed by atoms with Crippen LogP contribution in [0.2, 0.25) is 0 Å². The van der Waals surface area contributed by atoms with Gasteiger partial charge in [0.25, 0.3) is 0 Å². The van der Waals surface area contributed by atoms with Crippen LogP contribution in [-0.4, -0.2) is 39.5 Å². The number of carbonyl (C=O) groups is 2. The third-order valence-electron chi connectivity index (χ3n) is 4.37. The summed E-state index contributed by atoms with van der Waals surface area (Å²) in [5.74, 6) is -0.569. The maximum atomic E-state index is 12.4. The Kier molecular flexibility index (Phi) is 3.37. The van der Waals surface area contributed by atoms with Gasteiger partial charge in [-0.1, -0.05) is 6.42 Å². The molecule has 1 aliphatic carbocycles. The minimum Gasteiger partial charge on any atom is -0.480 e. The molecule has 1 aromatic rings. The van der Waals surface area contributed by atoms with Crippen molar-refractivity contribution in [1.29, 1.82) is 0 Å². The highest BCUT2D eigenvalue weighted by molar-refractivity contribution is 7.13. The summed E-state index contributed by atoms with van der Waals surface area (Å²) in [6.45, 7) is 0.570. The largest absolute Gasteiger partial charge is 0.480 e. The summed E-state index contributed by atoms with van der Waals surface area (Å²) in [5, 5.41) is 11.6. The van der Waals surface area contributed by atoms with Gasteiger partial charge >= 0.3 is 5.97 Å². The molecule has 1 saturated carbocycles. The van der Waals surface area contributed by atoms with Crippen LogP contribution in [0.15, 0.2) is 5.38 Å². The van der Waals surface area contributed by atoms with Crippen molar-refractivity contribution in [1.82, 2.24) is 9.88 Å². The van der Waals surface area contributed by atoms with Gasteiger partial charge in [0.15, 0.2) is 5.13 Å². The van der Waals surface area contributed by atoms with E-state index in [1.165, 1.54) is 16.2 Å². The highest BCUT2D eigenvalue weighted by atomic mass is 32.1. The van der Waals surface area contributed by atoms with Crippen LogP contribution in [0.25, 0.3) is 0 Å². The topological polar surface area (TPSA) is 96.5 Å². The zero-order chi connectivity index (χ0) is 14.3. The molecule has 1 aromatic heterocycles. The van der Waals surface area contributed by atoms with Crippen molar-refractivity contribution in [2.24, 2.45) is 11.8 Å². The van der Waals surface area contributed by atoms with Gasteiger partial charge in [0.1, 0.15) is 6.04 Å². The number of aliphatic carboxylic acids is 1. The number of nitrogens with zero attached hydrogens (tertiary/aromatic N) is 2. The van der Waals surface area contributed by atoms with Crippen LogP contribution in [0.5, 0.6) is 0 Å². The quantitative estimate of drug-likeness (QED) is 0.866. The highest BCUT2D eigenvalue weighted by Gasteiger charge is 2.49. The molecular weight excluding hydrogens is 278 g/mol. The number of rotatable bonds is 3. The summed E-state index contributed by atoms with van der Waals surface area (Å²) in [4.78, 5) is 29.4. The average Bonchev–Trinajstić information content (AvgIpc) is 3.02. The van der Waals surface area contributed by atoms with Gasteiger partial charge in [-0.25, -0.2) is 9.78 Å². The normalized spacial score (nSPS) is 28.6. The Balaban J connectivity index is 1.75. The number of nitrogen functional groups attached to an aromatic ring is 1. The zero-order valence-corrected chi connectivity index (χ0v) is 11.8. The molecule has 6 nitrogen and oxygen atoms in total. The van der Waals surface area contributed by atoms with Crippen LogP contribution in [0.1, 0.15) is 25.0 Å². The molecule has 1 aliphatic heterocycles. The van der Waals surface area contributed by atoms with Crippen molar-refractivity contribution < 1.29 is 14.7 Å². The number of nitrogens with two attached hydrogens (primary N) is 1. The lowest BCUT2D eigenvalue weighted by molar-refractivity contribution is -0.149. The second-order valence-corrected chi connectivity index (χ2v) is 6.43. The number of fused-ring (bicyclic) bond motifs is 1. The van der Waals surface area contributed by atoms with Crippen LogP contribution < -0.4 is 5.73 Å². The fourth-order valence-electron chi connectivity index (χ4n) is 3.54. The van der Waals surface area contributed by atoms with Crippen molar-refractivity contribution >= 4 is 28.3 Å². The van der Waals surface area contributed by atoms with E-state index in [1.807, 2.05) is 0 Å². The summed E-state index contributed by atoms with van der Waals surface area (Å²) in [5.41, 5.74) is 6.17. The van der Waals surface area contributed by atoms with Crippen LogP contribution in [0.3, 0.4) is 0 Å². The number of hydrogen-bond acceptors (Lipinski definition) is 5. The van der Waals surface area contributed by atoms with Crippen molar-refractivity contribution in [2.75, 3.05) is 12.3 Å². The number of amides is 1. The molecule has 2 heterocycles. The van der Waals surface area contributed by atoms with Crippen LogP contribution in [0.4, 0.5) is 5.13 Å². The maximum absolute atomic E-state index is 12.4. The minimum absolute atomic E-state index is 0.122. The van der Waals surface area contributed by atoms with E-state index in [0.29, 0.717) is 23.3 Å². The predicted molar refractivity (Wildman–Crippen MR) is 74.2 cm³/mol. The molecule has 3 N–H and O–H groups in total. The Morgan fingerprint density at radius 3 is 2.95 bits per heavy atom. The first kappa shape index (κ1) is 13.4. The third kappa shape index (κ3) is 2.26. The molecule has 0 spiro atoms. The number of aromatic nitrogens is 1. The van der Waals surface area contributed by atoms with Gasteiger partial charge < -0.3 is 15.7 Å². The second kappa shape index (κ2) is 5.05. The standard InChI is InChI=1S/C13H17N3O3S/c14-13-15-8(6-20-13)4-10(17)16-5-7-2-1-3-9(7)11(16)12(18)19/h6-7,9,11H,1-5H2,(H2,14,15)(H,18,19). The average molecular weight is 295 g/mol. The minimum atomic E-state index is -0.884.